The number of rotatable bonds is 6. The molecule has 0 radical (unpaired) electrons. The van der Waals surface area contributed by atoms with Gasteiger partial charge in [0.15, 0.2) is 5.82 Å². The summed E-state index contributed by atoms with van der Waals surface area (Å²) in [6.07, 6.45) is -0.439. The van der Waals surface area contributed by atoms with E-state index in [2.05, 4.69) is 20.2 Å². The number of hydrogen-bond acceptors (Lipinski definition) is 12. The summed E-state index contributed by atoms with van der Waals surface area (Å²) in [6, 6.07) is 5.58. The molecule has 0 spiro atoms. The van der Waals surface area contributed by atoms with Gasteiger partial charge in [-0.2, -0.15) is 9.97 Å². The molecule has 6 aliphatic heterocycles. The quantitative estimate of drug-likeness (QED) is 0.218. The average Bonchev–Trinajstić information content (AvgIpc) is 3.76. The van der Waals surface area contributed by atoms with Crippen molar-refractivity contribution >= 4 is 39.7 Å². The van der Waals surface area contributed by atoms with Gasteiger partial charge in [0.1, 0.15) is 47.5 Å². The van der Waals surface area contributed by atoms with Crippen LogP contribution < -0.4 is 19.7 Å². The summed E-state index contributed by atoms with van der Waals surface area (Å²) in [5.74, 6) is -1.33. The summed E-state index contributed by atoms with van der Waals surface area (Å²) in [5, 5.41) is 3.67. The van der Waals surface area contributed by atoms with E-state index in [1.165, 1.54) is 29.3 Å². The number of ether oxygens (including phenoxy) is 5. The molecule has 6 aliphatic rings. The summed E-state index contributed by atoms with van der Waals surface area (Å²) in [4.78, 5) is 45.9. The normalized spacial score (nSPS) is 28.2. The van der Waals surface area contributed by atoms with Crippen molar-refractivity contribution in [2.24, 2.45) is 0 Å². The first-order valence-electron chi connectivity index (χ1n) is 20.8. The van der Waals surface area contributed by atoms with E-state index < -0.39 is 47.2 Å². The van der Waals surface area contributed by atoms with Gasteiger partial charge >= 0.3 is 18.2 Å². The first-order valence-corrected chi connectivity index (χ1v) is 20.8. The molecule has 8 heterocycles. The fourth-order valence-electron chi connectivity index (χ4n) is 10.1. The van der Waals surface area contributed by atoms with Crippen LogP contribution in [-0.2, 0) is 20.6 Å². The number of carbonyl (C=O) groups excluding carboxylic acids is 2. The van der Waals surface area contributed by atoms with E-state index in [0.717, 1.165) is 13.0 Å². The molecule has 10 rings (SSSR count). The number of piperidine rings is 2. The summed E-state index contributed by atoms with van der Waals surface area (Å²) in [5.41, 5.74) is -1.84. The Morgan fingerprint density at radius 3 is 2.59 bits per heavy atom. The molecule has 18 heteroatoms. The first kappa shape index (κ1) is 41.3. The molecule has 4 fully saturated rings. The number of halogens is 4. The van der Waals surface area contributed by atoms with E-state index in [1.54, 1.807) is 32.1 Å². The number of nitrogens with zero attached hydrogens (tertiary/aromatic N) is 6. The molecule has 1 N–H and O–H groups in total. The van der Waals surface area contributed by atoms with Crippen molar-refractivity contribution in [1.29, 1.82) is 0 Å². The summed E-state index contributed by atoms with van der Waals surface area (Å²) in [7, 11) is 3.11. The van der Waals surface area contributed by atoms with Crippen molar-refractivity contribution < 1.29 is 50.8 Å². The molecule has 2 amide bonds. The van der Waals surface area contributed by atoms with Crippen molar-refractivity contribution in [3.8, 4) is 23.0 Å². The van der Waals surface area contributed by atoms with Gasteiger partial charge in [0.2, 0.25) is 0 Å². The largest absolute Gasteiger partial charge is 0.461 e. The molecule has 14 nitrogen and oxygen atoms in total. The third-order valence-corrected chi connectivity index (χ3v) is 12.9. The number of nitrogens with one attached hydrogen (secondary N) is 1. The third kappa shape index (κ3) is 7.97. The Morgan fingerprint density at radius 1 is 1.02 bits per heavy atom. The highest BCUT2D eigenvalue weighted by molar-refractivity contribution is 6.02. The van der Waals surface area contributed by atoms with Gasteiger partial charge in [-0.1, -0.05) is 6.07 Å². The number of likely N-dealkylation sites (tertiary alicyclic amines) is 1. The number of hydrogen-bond donors (Lipinski definition) is 1. The lowest BCUT2D eigenvalue weighted by Crippen LogP contribution is -2.60. The molecule has 0 aliphatic carbocycles. The van der Waals surface area contributed by atoms with Crippen LogP contribution in [0.3, 0.4) is 0 Å². The SMILES string of the molecule is CO[C@@H]1C[C@H](OC)CN(C(=O)Oc2cc3c4c(c(F)ccc4c2)CCCOC(=O)N[C@]2(C)C[C@@H](F)CN(C2)c2nc(OC[C@@]45CCCN4C[C@H](F)C5)nc4c(F)c-3ncc24)C1. The van der Waals surface area contributed by atoms with E-state index in [9.17, 15) is 14.0 Å². The molecule has 326 valence electrons. The lowest BCUT2D eigenvalue weighted by molar-refractivity contribution is -0.0378. The minimum atomic E-state index is -1.43. The van der Waals surface area contributed by atoms with Crippen LogP contribution in [0.15, 0.2) is 30.5 Å². The summed E-state index contributed by atoms with van der Waals surface area (Å²) < 4.78 is 92.9. The number of amides is 2. The van der Waals surface area contributed by atoms with Crippen LogP contribution in [0.25, 0.3) is 32.9 Å². The Hall–Kier alpha value is -5.07. The lowest BCUT2D eigenvalue weighted by atomic mass is 9.90. The van der Waals surface area contributed by atoms with Gasteiger partial charge in [0.05, 0.1) is 54.9 Å². The second-order valence-electron chi connectivity index (χ2n) is 17.3. The Balaban J connectivity index is 1.19. The number of methoxy groups -OCH3 is 2. The third-order valence-electron chi connectivity index (χ3n) is 12.9. The first-order chi connectivity index (χ1) is 29.3. The van der Waals surface area contributed by atoms with Crippen molar-refractivity contribution in [1.82, 2.24) is 30.1 Å². The number of aromatic nitrogens is 3. The minimum absolute atomic E-state index is 0.0302. The number of aryl methyl sites for hydroxylation is 1. The Morgan fingerprint density at radius 2 is 1.80 bits per heavy atom. The average molecular weight is 852 g/mol. The Kier molecular flexibility index (Phi) is 11.0. The predicted molar refractivity (Wildman–Crippen MR) is 215 cm³/mol. The summed E-state index contributed by atoms with van der Waals surface area (Å²) in [6.45, 7) is 3.09. The number of alkyl carbamates (subject to hydrolysis) is 1. The van der Waals surface area contributed by atoms with Crippen LogP contribution in [0.5, 0.6) is 11.8 Å². The predicted octanol–water partition coefficient (Wildman–Crippen LogP) is 6.29. The van der Waals surface area contributed by atoms with Gasteiger partial charge < -0.3 is 38.8 Å². The second kappa shape index (κ2) is 16.3. The van der Waals surface area contributed by atoms with Crippen molar-refractivity contribution in [2.75, 3.05) is 71.6 Å². The maximum Gasteiger partial charge on any atom is 0.415 e. The number of carbonyl (C=O) groups is 2. The molecule has 6 atom stereocenters. The van der Waals surface area contributed by atoms with E-state index in [0.29, 0.717) is 30.2 Å². The Bertz CT molecular complexity index is 2350. The minimum Gasteiger partial charge on any atom is -0.461 e. The number of benzene rings is 2. The standard InChI is InChI=1S/C43H49F4N7O7/c1-42-15-25(44)18-53(22-42)38-32-17-48-36(35(47)37(32)49-39(50-38)60-23-43-9-5-10-54(43)19-26(45)16-43)31-14-27(61-41(56)52-20-28(57-2)13-29(21-52)58-3)12-24-7-8-33(46)30(34(24)31)6-4-11-59-40(55)51-42/h7-8,12,14,17,25-26,28-29H,4-6,9-11,13,15-16,18-23H2,1-3H3,(H,51,55)/t25-,26-,28-,29+,42-,43+/m1/s1. The van der Waals surface area contributed by atoms with Crippen molar-refractivity contribution in [3.05, 3.63) is 47.7 Å². The molecule has 4 saturated heterocycles. The van der Waals surface area contributed by atoms with Gasteiger partial charge in [-0.15, -0.1) is 0 Å². The van der Waals surface area contributed by atoms with Gasteiger partial charge in [-0.25, -0.2) is 27.2 Å². The van der Waals surface area contributed by atoms with Crippen LogP contribution in [0, 0.1) is 11.6 Å². The number of pyridine rings is 1. The van der Waals surface area contributed by atoms with E-state index in [4.69, 9.17) is 28.7 Å². The second-order valence-corrected chi connectivity index (χ2v) is 17.3. The van der Waals surface area contributed by atoms with Crippen LogP contribution in [0.2, 0.25) is 0 Å². The van der Waals surface area contributed by atoms with E-state index in [-0.39, 0.29) is 123 Å². The highest BCUT2D eigenvalue weighted by Crippen LogP contribution is 2.43. The Labute approximate surface area is 349 Å². The molecule has 4 aromatic rings. The number of anilines is 1. The zero-order chi connectivity index (χ0) is 42.6. The molecule has 2 aromatic carbocycles. The number of alkyl halides is 2. The fraction of sp³-hybridized carbons (Fsp3) is 0.558. The van der Waals surface area contributed by atoms with Crippen LogP contribution in [-0.4, -0.2) is 139 Å². The highest BCUT2D eigenvalue weighted by atomic mass is 19.1. The van der Waals surface area contributed by atoms with Crippen LogP contribution in [0.1, 0.15) is 51.0 Å². The monoisotopic (exact) mass is 851 g/mol. The summed E-state index contributed by atoms with van der Waals surface area (Å²) >= 11 is 0. The molecule has 61 heavy (non-hydrogen) atoms. The molecule has 0 unspecified atom stereocenters. The van der Waals surface area contributed by atoms with E-state index >= 15 is 13.2 Å². The molecule has 2 aromatic heterocycles. The van der Waals surface area contributed by atoms with Crippen molar-refractivity contribution in [3.63, 3.8) is 0 Å². The van der Waals surface area contributed by atoms with Gasteiger partial charge in [0, 0.05) is 58.3 Å². The zero-order valence-corrected chi connectivity index (χ0v) is 34.4. The van der Waals surface area contributed by atoms with E-state index in [1.807, 2.05) is 0 Å². The fourth-order valence-corrected chi connectivity index (χ4v) is 10.1. The highest BCUT2D eigenvalue weighted by Gasteiger charge is 2.49. The number of fused-ring (bicyclic) bond motifs is 7. The zero-order valence-electron chi connectivity index (χ0n) is 34.4. The molecular weight excluding hydrogens is 803 g/mol. The van der Waals surface area contributed by atoms with Crippen LogP contribution in [0.4, 0.5) is 33.0 Å². The molecule has 0 saturated carbocycles. The van der Waals surface area contributed by atoms with Gasteiger partial charge in [-0.3, -0.25) is 9.88 Å². The van der Waals surface area contributed by atoms with Crippen molar-refractivity contribution in [2.45, 2.75) is 87.5 Å². The lowest BCUT2D eigenvalue weighted by Gasteiger charge is -2.42. The van der Waals surface area contributed by atoms with Gasteiger partial charge in [0.25, 0.3) is 0 Å². The smallest absolute Gasteiger partial charge is 0.415 e. The maximum atomic E-state index is 17.6. The maximum absolute atomic E-state index is 17.6. The molecule has 6 bridgehead atoms. The van der Waals surface area contributed by atoms with Crippen LogP contribution >= 0.6 is 0 Å². The topological polar surface area (TPSA) is 141 Å². The van der Waals surface area contributed by atoms with Gasteiger partial charge in [-0.05, 0) is 73.7 Å². The molecular formula is C43H49F4N7O7.